The Morgan fingerprint density at radius 2 is 1.61 bits per heavy atom. The Morgan fingerprint density at radius 1 is 0.964 bits per heavy atom. The first-order chi connectivity index (χ1) is 13.7. The number of rotatable bonds is 7. The molecule has 152 valence electrons. The molecular formula is C26H36FN. The van der Waals surface area contributed by atoms with Gasteiger partial charge in [-0.3, -0.25) is 0 Å². The van der Waals surface area contributed by atoms with Gasteiger partial charge in [-0.05, 0) is 92.7 Å². The summed E-state index contributed by atoms with van der Waals surface area (Å²) in [7, 11) is 0. The summed E-state index contributed by atoms with van der Waals surface area (Å²) < 4.78 is 13.7. The highest BCUT2D eigenvalue weighted by molar-refractivity contribution is 5.34. The molecule has 1 aromatic rings. The van der Waals surface area contributed by atoms with Crippen LogP contribution in [0.3, 0.4) is 0 Å². The molecule has 0 N–H and O–H groups in total. The Labute approximate surface area is 171 Å². The molecule has 1 aromatic carbocycles. The Morgan fingerprint density at radius 3 is 2.18 bits per heavy atom. The Balaban J connectivity index is 1.35. The number of halogens is 1. The molecule has 0 saturated heterocycles. The quantitative estimate of drug-likeness (QED) is 0.446. The van der Waals surface area contributed by atoms with E-state index in [1.165, 1.54) is 70.3 Å². The van der Waals surface area contributed by atoms with Gasteiger partial charge in [0.25, 0.3) is 0 Å². The molecule has 2 heteroatoms. The van der Waals surface area contributed by atoms with Crippen LogP contribution in [0, 0.1) is 40.8 Å². The van der Waals surface area contributed by atoms with Crippen LogP contribution in [0.1, 0.15) is 88.7 Å². The van der Waals surface area contributed by atoms with E-state index in [9.17, 15) is 4.39 Å². The van der Waals surface area contributed by atoms with Gasteiger partial charge in [0.2, 0.25) is 0 Å². The first-order valence-electron chi connectivity index (χ1n) is 11.5. The highest BCUT2D eigenvalue weighted by Gasteiger charge is 2.30. The van der Waals surface area contributed by atoms with Crippen LogP contribution in [0.4, 0.5) is 4.39 Å². The molecule has 28 heavy (non-hydrogen) atoms. The van der Waals surface area contributed by atoms with Crippen LogP contribution in [0.2, 0.25) is 0 Å². The van der Waals surface area contributed by atoms with Crippen LogP contribution in [-0.4, -0.2) is 0 Å². The summed E-state index contributed by atoms with van der Waals surface area (Å²) in [6.07, 6.45) is 20.7. The number of hydrogen-bond donors (Lipinski definition) is 0. The first-order valence-corrected chi connectivity index (χ1v) is 11.5. The van der Waals surface area contributed by atoms with E-state index in [1.54, 1.807) is 6.07 Å². The maximum absolute atomic E-state index is 13.7. The minimum atomic E-state index is -0.407. The smallest absolute Gasteiger partial charge is 0.141 e. The van der Waals surface area contributed by atoms with Crippen molar-refractivity contribution >= 4 is 0 Å². The second-order valence-electron chi connectivity index (χ2n) is 9.19. The third kappa shape index (κ3) is 5.94. The van der Waals surface area contributed by atoms with E-state index in [4.69, 9.17) is 5.26 Å². The summed E-state index contributed by atoms with van der Waals surface area (Å²) in [4.78, 5) is 0. The van der Waals surface area contributed by atoms with Crippen molar-refractivity contribution in [3.05, 3.63) is 47.3 Å². The molecule has 0 unspecified atom stereocenters. The molecular weight excluding hydrogens is 345 g/mol. The fourth-order valence-electron chi connectivity index (χ4n) is 5.54. The van der Waals surface area contributed by atoms with Crippen molar-refractivity contribution in [2.75, 3.05) is 0 Å². The van der Waals surface area contributed by atoms with Crippen LogP contribution in [-0.2, 0) is 6.42 Å². The van der Waals surface area contributed by atoms with E-state index in [-0.39, 0.29) is 5.56 Å². The lowest BCUT2D eigenvalue weighted by Gasteiger charge is -2.37. The molecule has 0 atom stereocenters. The summed E-state index contributed by atoms with van der Waals surface area (Å²) in [5, 5.41) is 8.80. The van der Waals surface area contributed by atoms with Crippen LogP contribution in [0.5, 0.6) is 0 Å². The molecule has 0 aromatic heterocycles. The molecule has 1 nitrogen and oxygen atoms in total. The molecule has 0 heterocycles. The molecule has 0 radical (unpaired) electrons. The van der Waals surface area contributed by atoms with E-state index >= 15 is 0 Å². The maximum Gasteiger partial charge on any atom is 0.141 e. The van der Waals surface area contributed by atoms with Crippen molar-refractivity contribution in [1.82, 2.24) is 0 Å². The fraction of sp³-hybridized carbons (Fsp3) is 0.654. The number of allylic oxidation sites excluding steroid dienone is 2. The van der Waals surface area contributed by atoms with Gasteiger partial charge in [0, 0.05) is 0 Å². The van der Waals surface area contributed by atoms with Crippen LogP contribution < -0.4 is 0 Å². The zero-order chi connectivity index (χ0) is 19.8. The van der Waals surface area contributed by atoms with Crippen molar-refractivity contribution in [2.45, 2.75) is 84.0 Å². The average molecular weight is 382 g/mol. The average Bonchev–Trinajstić information content (AvgIpc) is 2.73. The van der Waals surface area contributed by atoms with Gasteiger partial charge in [-0.2, -0.15) is 5.26 Å². The van der Waals surface area contributed by atoms with E-state index < -0.39 is 5.82 Å². The third-order valence-electron chi connectivity index (χ3n) is 7.29. The van der Waals surface area contributed by atoms with Crippen molar-refractivity contribution in [3.63, 3.8) is 0 Å². The minimum Gasteiger partial charge on any atom is -0.206 e. The van der Waals surface area contributed by atoms with Gasteiger partial charge in [-0.1, -0.05) is 50.8 Å². The molecule has 0 bridgehead atoms. The number of benzene rings is 1. The molecule has 0 spiro atoms. The van der Waals surface area contributed by atoms with Crippen molar-refractivity contribution in [2.24, 2.45) is 23.7 Å². The lowest BCUT2D eigenvalue weighted by atomic mass is 9.68. The minimum absolute atomic E-state index is 0.128. The predicted molar refractivity (Wildman–Crippen MR) is 114 cm³/mol. The van der Waals surface area contributed by atoms with Gasteiger partial charge in [-0.15, -0.1) is 0 Å². The third-order valence-corrected chi connectivity index (χ3v) is 7.29. The topological polar surface area (TPSA) is 23.8 Å². The van der Waals surface area contributed by atoms with Crippen LogP contribution in [0.25, 0.3) is 0 Å². The lowest BCUT2D eigenvalue weighted by Crippen LogP contribution is -2.25. The molecule has 0 amide bonds. The zero-order valence-corrected chi connectivity index (χ0v) is 17.5. The van der Waals surface area contributed by atoms with Crippen LogP contribution in [0.15, 0.2) is 30.4 Å². The molecule has 2 aliphatic carbocycles. The van der Waals surface area contributed by atoms with Gasteiger partial charge >= 0.3 is 0 Å². The van der Waals surface area contributed by atoms with E-state index in [1.807, 2.05) is 12.1 Å². The SMILES string of the molecule is CCCC1CCC(C2CCC(C/C=C\Cc3ccc(C#N)c(F)c3)CC2)CC1. The molecule has 2 fully saturated rings. The standard InChI is InChI=1S/C26H36FN/c1-2-5-20-8-13-23(14-9-20)24-15-10-21(11-16-24)6-3-4-7-22-12-17-25(19-28)26(27)18-22/h3-4,12,17-18,20-21,23-24H,2,5-11,13-16H2,1H3/b4-3-. The summed E-state index contributed by atoms with van der Waals surface area (Å²) in [5.41, 5.74) is 1.07. The Hall–Kier alpha value is -1.62. The molecule has 3 rings (SSSR count). The molecule has 2 saturated carbocycles. The Bertz CT molecular complexity index is 670. The highest BCUT2D eigenvalue weighted by Crippen LogP contribution is 2.42. The summed E-state index contributed by atoms with van der Waals surface area (Å²) in [6.45, 7) is 2.32. The van der Waals surface area contributed by atoms with Crippen molar-refractivity contribution in [3.8, 4) is 6.07 Å². The van der Waals surface area contributed by atoms with Gasteiger partial charge in [0.05, 0.1) is 5.56 Å². The van der Waals surface area contributed by atoms with E-state index in [0.29, 0.717) is 0 Å². The van der Waals surface area contributed by atoms with Gasteiger partial charge in [-0.25, -0.2) is 4.39 Å². The normalized spacial score (nSPS) is 28.3. The predicted octanol–water partition coefficient (Wildman–Crippen LogP) is 7.60. The van der Waals surface area contributed by atoms with E-state index in [0.717, 1.165) is 42.1 Å². The molecule has 0 aliphatic heterocycles. The maximum atomic E-state index is 13.7. The van der Waals surface area contributed by atoms with E-state index in [2.05, 4.69) is 19.1 Å². The largest absolute Gasteiger partial charge is 0.206 e. The first kappa shape index (κ1) is 21.1. The molecule has 2 aliphatic rings. The summed E-state index contributed by atoms with van der Waals surface area (Å²) in [6, 6.07) is 6.80. The van der Waals surface area contributed by atoms with Crippen molar-refractivity contribution < 1.29 is 4.39 Å². The van der Waals surface area contributed by atoms with Gasteiger partial charge in [0.15, 0.2) is 0 Å². The fourth-order valence-corrected chi connectivity index (χ4v) is 5.54. The number of nitrogens with zero attached hydrogens (tertiary/aromatic N) is 1. The summed E-state index contributed by atoms with van der Waals surface area (Å²) >= 11 is 0. The monoisotopic (exact) mass is 381 g/mol. The number of hydrogen-bond acceptors (Lipinski definition) is 1. The van der Waals surface area contributed by atoms with Gasteiger partial charge < -0.3 is 0 Å². The van der Waals surface area contributed by atoms with Crippen LogP contribution >= 0.6 is 0 Å². The lowest BCUT2D eigenvalue weighted by molar-refractivity contribution is 0.144. The highest BCUT2D eigenvalue weighted by atomic mass is 19.1. The Kier molecular flexibility index (Phi) is 8.13. The number of nitriles is 1. The zero-order valence-electron chi connectivity index (χ0n) is 17.5. The van der Waals surface area contributed by atoms with Gasteiger partial charge in [0.1, 0.15) is 11.9 Å². The second-order valence-corrected chi connectivity index (χ2v) is 9.19. The second kappa shape index (κ2) is 10.8. The van der Waals surface area contributed by atoms with Crippen molar-refractivity contribution in [1.29, 1.82) is 5.26 Å². The summed E-state index contributed by atoms with van der Waals surface area (Å²) in [5.74, 6) is 3.45.